The van der Waals surface area contributed by atoms with Gasteiger partial charge in [0, 0.05) is 16.8 Å². The van der Waals surface area contributed by atoms with Crippen molar-refractivity contribution in [3.8, 4) is 5.75 Å². The van der Waals surface area contributed by atoms with Crippen LogP contribution in [0.4, 0.5) is 11.4 Å². The summed E-state index contributed by atoms with van der Waals surface area (Å²) in [6.07, 6.45) is 1.62. The number of sulfonamides is 1. The van der Waals surface area contributed by atoms with Gasteiger partial charge in [0.25, 0.3) is 10.0 Å². The molecule has 3 rings (SSSR count). The Balaban J connectivity index is 1.91. The molecule has 8 heteroatoms. The van der Waals surface area contributed by atoms with Gasteiger partial charge in [-0.1, -0.05) is 54.1 Å². The predicted molar refractivity (Wildman–Crippen MR) is 133 cm³/mol. The van der Waals surface area contributed by atoms with Gasteiger partial charge in [-0.25, -0.2) is 8.42 Å². The minimum absolute atomic E-state index is 0.0809. The monoisotopic (exact) mass is 484 g/mol. The highest BCUT2D eigenvalue weighted by Crippen LogP contribution is 2.28. The van der Waals surface area contributed by atoms with Crippen LogP contribution in [0, 0.1) is 13.8 Å². The van der Waals surface area contributed by atoms with Crippen LogP contribution in [0.2, 0.25) is 5.02 Å². The third-order valence-corrected chi connectivity index (χ3v) is 7.02. The molecule has 0 aliphatic carbocycles. The fraction of sp³-hybridized carbons (Fsp3) is 0.160. The van der Waals surface area contributed by atoms with E-state index in [4.69, 9.17) is 16.3 Å². The Morgan fingerprint density at radius 1 is 1.09 bits per heavy atom. The predicted octanol–water partition coefficient (Wildman–Crippen LogP) is 5.36. The van der Waals surface area contributed by atoms with Crippen molar-refractivity contribution < 1.29 is 17.9 Å². The molecule has 172 valence electrons. The first kappa shape index (κ1) is 24.4. The topological polar surface area (TPSA) is 75.7 Å². The number of ether oxygens (including phenoxy) is 1. The maximum atomic E-state index is 13.5. The zero-order chi connectivity index (χ0) is 24.0. The fourth-order valence-corrected chi connectivity index (χ4v) is 4.63. The van der Waals surface area contributed by atoms with E-state index in [1.807, 2.05) is 13.8 Å². The Bertz CT molecular complexity index is 1260. The summed E-state index contributed by atoms with van der Waals surface area (Å²) < 4.78 is 33.5. The molecule has 0 bridgehead atoms. The van der Waals surface area contributed by atoms with Crippen molar-refractivity contribution >= 4 is 38.9 Å². The first-order valence-corrected chi connectivity index (χ1v) is 12.0. The molecule has 1 amide bonds. The van der Waals surface area contributed by atoms with Crippen LogP contribution < -0.4 is 14.4 Å². The fourth-order valence-electron chi connectivity index (χ4n) is 3.04. The van der Waals surface area contributed by atoms with Gasteiger partial charge in [0.15, 0.2) is 0 Å². The van der Waals surface area contributed by atoms with E-state index in [0.717, 1.165) is 15.4 Å². The Kier molecular flexibility index (Phi) is 7.79. The first-order valence-electron chi connectivity index (χ1n) is 10.2. The average molecular weight is 485 g/mol. The van der Waals surface area contributed by atoms with Gasteiger partial charge in [0.2, 0.25) is 5.91 Å². The number of carbonyl (C=O) groups is 1. The third-order valence-electron chi connectivity index (χ3n) is 4.83. The maximum Gasteiger partial charge on any atom is 0.264 e. The largest absolute Gasteiger partial charge is 0.489 e. The molecular weight excluding hydrogens is 460 g/mol. The Morgan fingerprint density at radius 3 is 2.48 bits per heavy atom. The van der Waals surface area contributed by atoms with Crippen LogP contribution in [0.3, 0.4) is 0 Å². The number of aryl methyl sites for hydroxylation is 2. The third kappa shape index (κ3) is 6.15. The molecule has 0 aromatic heterocycles. The highest BCUT2D eigenvalue weighted by Gasteiger charge is 2.27. The molecule has 1 N–H and O–H groups in total. The Morgan fingerprint density at radius 2 is 1.82 bits per heavy atom. The molecule has 0 unspecified atom stereocenters. The number of hydrogen-bond acceptors (Lipinski definition) is 4. The van der Waals surface area contributed by atoms with E-state index in [1.165, 1.54) is 12.1 Å². The number of hydrogen-bond donors (Lipinski definition) is 1. The summed E-state index contributed by atoms with van der Waals surface area (Å²) in [5, 5.41) is 3.14. The molecule has 3 aromatic rings. The van der Waals surface area contributed by atoms with Crippen molar-refractivity contribution in [2.24, 2.45) is 0 Å². The van der Waals surface area contributed by atoms with Gasteiger partial charge in [-0.2, -0.15) is 0 Å². The molecule has 0 atom stereocenters. The van der Waals surface area contributed by atoms with Crippen LogP contribution in [0.15, 0.2) is 84.3 Å². The summed E-state index contributed by atoms with van der Waals surface area (Å²) in [4.78, 5) is 13.0. The van der Waals surface area contributed by atoms with Gasteiger partial charge in [0.1, 0.15) is 18.9 Å². The molecule has 0 spiro atoms. The van der Waals surface area contributed by atoms with Crippen LogP contribution in [-0.4, -0.2) is 27.5 Å². The normalized spacial score (nSPS) is 11.0. The lowest BCUT2D eigenvalue weighted by Crippen LogP contribution is -2.38. The van der Waals surface area contributed by atoms with Crippen LogP contribution >= 0.6 is 11.6 Å². The summed E-state index contributed by atoms with van der Waals surface area (Å²) in [7, 11) is -4.03. The lowest BCUT2D eigenvalue weighted by molar-refractivity contribution is -0.114. The molecular formula is C25H25ClN2O4S. The second-order valence-electron chi connectivity index (χ2n) is 7.43. The minimum Gasteiger partial charge on any atom is -0.489 e. The molecule has 6 nitrogen and oxygen atoms in total. The molecule has 0 saturated heterocycles. The Labute approximate surface area is 199 Å². The van der Waals surface area contributed by atoms with E-state index >= 15 is 0 Å². The maximum absolute atomic E-state index is 13.5. The number of nitrogens with one attached hydrogen (secondary N) is 1. The highest BCUT2D eigenvalue weighted by atomic mass is 35.5. The van der Waals surface area contributed by atoms with Crippen molar-refractivity contribution in [2.45, 2.75) is 18.7 Å². The number of halogens is 1. The van der Waals surface area contributed by atoms with E-state index < -0.39 is 22.5 Å². The van der Waals surface area contributed by atoms with E-state index in [2.05, 4.69) is 11.9 Å². The van der Waals surface area contributed by atoms with E-state index in [1.54, 1.807) is 60.7 Å². The number of carbonyl (C=O) groups excluding carboxylic acids is 1. The summed E-state index contributed by atoms with van der Waals surface area (Å²) in [5.74, 6) is 0.0467. The zero-order valence-electron chi connectivity index (χ0n) is 18.4. The van der Waals surface area contributed by atoms with Gasteiger partial charge in [0.05, 0.1) is 10.6 Å². The molecule has 0 aliphatic rings. The minimum atomic E-state index is -4.03. The number of benzene rings is 3. The Hall–Kier alpha value is -3.29. The summed E-state index contributed by atoms with van der Waals surface area (Å²) in [6, 6.07) is 18.2. The molecule has 0 radical (unpaired) electrons. The first-order chi connectivity index (χ1) is 15.7. The van der Waals surface area contributed by atoms with E-state index in [9.17, 15) is 13.2 Å². The highest BCUT2D eigenvalue weighted by molar-refractivity contribution is 7.92. The molecule has 33 heavy (non-hydrogen) atoms. The smallest absolute Gasteiger partial charge is 0.264 e. The quantitative estimate of drug-likeness (QED) is 0.415. The second kappa shape index (κ2) is 10.6. The molecule has 0 heterocycles. The number of nitrogens with zero attached hydrogens (tertiary/aromatic N) is 1. The summed E-state index contributed by atoms with van der Waals surface area (Å²) >= 11 is 6.26. The lowest BCUT2D eigenvalue weighted by atomic mass is 10.2. The van der Waals surface area contributed by atoms with Gasteiger partial charge in [-0.05, 0) is 55.8 Å². The lowest BCUT2D eigenvalue weighted by Gasteiger charge is -2.24. The van der Waals surface area contributed by atoms with Crippen LogP contribution in [0.5, 0.6) is 5.75 Å². The summed E-state index contributed by atoms with van der Waals surface area (Å²) in [6.45, 7) is 7.18. The average Bonchev–Trinajstić information content (AvgIpc) is 2.78. The molecule has 0 aliphatic heterocycles. The van der Waals surface area contributed by atoms with Gasteiger partial charge >= 0.3 is 0 Å². The van der Waals surface area contributed by atoms with Crippen LogP contribution in [-0.2, 0) is 14.8 Å². The second-order valence-corrected chi connectivity index (χ2v) is 9.70. The number of amides is 1. The molecule has 0 fully saturated rings. The van der Waals surface area contributed by atoms with Crippen LogP contribution in [0.25, 0.3) is 0 Å². The van der Waals surface area contributed by atoms with Crippen molar-refractivity contribution in [2.75, 3.05) is 22.8 Å². The van der Waals surface area contributed by atoms with Gasteiger partial charge < -0.3 is 10.1 Å². The van der Waals surface area contributed by atoms with Crippen molar-refractivity contribution in [1.29, 1.82) is 0 Å². The SMILES string of the molecule is C=CCOc1cccc(NC(=O)CN(c2ccc(C)c(Cl)c2)S(=O)(=O)c2ccc(C)cc2)c1. The standard InChI is InChI=1S/C25H25ClN2O4S/c1-4-14-32-22-7-5-6-20(15-22)27-25(29)17-28(21-11-10-19(3)24(26)16-21)33(30,31)23-12-8-18(2)9-13-23/h4-13,15-16H,1,14,17H2,2-3H3,(H,27,29). The van der Waals surface area contributed by atoms with Crippen LogP contribution in [0.1, 0.15) is 11.1 Å². The van der Waals surface area contributed by atoms with Crippen molar-refractivity contribution in [3.63, 3.8) is 0 Å². The number of rotatable bonds is 9. The van der Waals surface area contributed by atoms with Crippen molar-refractivity contribution in [1.82, 2.24) is 0 Å². The number of anilines is 2. The van der Waals surface area contributed by atoms with Gasteiger partial charge in [-0.3, -0.25) is 9.10 Å². The molecule has 0 saturated carbocycles. The van der Waals surface area contributed by atoms with E-state index in [-0.39, 0.29) is 4.90 Å². The van der Waals surface area contributed by atoms with Crippen molar-refractivity contribution in [3.05, 3.63) is 95.5 Å². The van der Waals surface area contributed by atoms with Gasteiger partial charge in [-0.15, -0.1) is 0 Å². The zero-order valence-corrected chi connectivity index (χ0v) is 20.0. The van der Waals surface area contributed by atoms with E-state index in [0.29, 0.717) is 28.8 Å². The molecule has 3 aromatic carbocycles. The summed E-state index contributed by atoms with van der Waals surface area (Å²) in [5.41, 5.74) is 2.50.